The molecular weight excluding hydrogens is 288 g/mol. The van der Waals surface area contributed by atoms with Gasteiger partial charge in [-0.05, 0) is 18.2 Å². The van der Waals surface area contributed by atoms with Crippen LogP contribution in [0.1, 0.15) is 10.4 Å². The molecule has 0 atom stereocenters. The maximum Gasteiger partial charge on any atom is 0.120 e. The lowest BCUT2D eigenvalue weighted by atomic mass is 10.2. The minimum Gasteiger partial charge on any atom is -0.508 e. The van der Waals surface area contributed by atoms with Crippen LogP contribution in [0.3, 0.4) is 0 Å². The van der Waals surface area contributed by atoms with E-state index in [1.165, 1.54) is 4.88 Å². The van der Waals surface area contributed by atoms with Crippen LogP contribution in [0.25, 0.3) is 0 Å². The highest BCUT2D eigenvalue weighted by molar-refractivity contribution is 9.10. The maximum atomic E-state index is 9.62. The van der Waals surface area contributed by atoms with Gasteiger partial charge in [0.1, 0.15) is 5.75 Å². The molecule has 0 saturated heterocycles. The number of nitrogens with zero attached hydrogens (tertiary/aromatic N) is 1. The first kappa shape index (κ1) is 11.6. The molecule has 0 aliphatic carbocycles. The molecule has 0 unspecified atom stereocenters. The molecular formula is C11H11BrN2OS. The number of benzene rings is 1. The van der Waals surface area contributed by atoms with Gasteiger partial charge in [-0.1, -0.05) is 15.9 Å². The molecule has 5 heteroatoms. The van der Waals surface area contributed by atoms with Crippen LogP contribution >= 0.6 is 27.3 Å². The number of nitrogens with one attached hydrogen (secondary N) is 1. The Kier molecular flexibility index (Phi) is 3.93. The van der Waals surface area contributed by atoms with Gasteiger partial charge in [-0.25, -0.2) is 0 Å². The molecule has 0 radical (unpaired) electrons. The molecule has 16 heavy (non-hydrogen) atoms. The van der Waals surface area contributed by atoms with Gasteiger partial charge in [0.25, 0.3) is 0 Å². The molecule has 3 nitrogen and oxygen atoms in total. The van der Waals surface area contributed by atoms with Crippen molar-refractivity contribution in [1.82, 2.24) is 10.3 Å². The topological polar surface area (TPSA) is 45.1 Å². The lowest BCUT2D eigenvalue weighted by Gasteiger charge is -2.06. The third kappa shape index (κ3) is 3.04. The Morgan fingerprint density at radius 2 is 2.25 bits per heavy atom. The van der Waals surface area contributed by atoms with Crippen molar-refractivity contribution in [3.63, 3.8) is 0 Å². The van der Waals surface area contributed by atoms with Crippen molar-refractivity contribution < 1.29 is 5.11 Å². The van der Waals surface area contributed by atoms with E-state index in [9.17, 15) is 5.11 Å². The molecule has 0 amide bonds. The number of phenolic OH excluding ortho intramolecular Hbond substituents is 1. The number of aromatic nitrogens is 1. The van der Waals surface area contributed by atoms with E-state index in [0.717, 1.165) is 16.6 Å². The van der Waals surface area contributed by atoms with E-state index in [4.69, 9.17) is 0 Å². The number of phenols is 1. The summed E-state index contributed by atoms with van der Waals surface area (Å²) in [5, 5.41) is 12.9. The van der Waals surface area contributed by atoms with Crippen molar-refractivity contribution >= 4 is 27.3 Å². The number of hydrogen-bond acceptors (Lipinski definition) is 4. The van der Waals surface area contributed by atoms with Crippen LogP contribution < -0.4 is 5.32 Å². The minimum atomic E-state index is 0.319. The summed E-state index contributed by atoms with van der Waals surface area (Å²) in [4.78, 5) is 5.19. The summed E-state index contributed by atoms with van der Waals surface area (Å²) in [5.74, 6) is 0.319. The number of aromatic hydroxyl groups is 1. The molecule has 0 aliphatic heterocycles. The summed E-state index contributed by atoms with van der Waals surface area (Å²) in [6.45, 7) is 1.42. The van der Waals surface area contributed by atoms with E-state index in [1.54, 1.807) is 17.4 Å². The van der Waals surface area contributed by atoms with E-state index in [2.05, 4.69) is 26.2 Å². The Hall–Kier alpha value is -0.910. The van der Waals surface area contributed by atoms with Gasteiger partial charge in [0, 0.05) is 34.2 Å². The summed E-state index contributed by atoms with van der Waals surface area (Å²) in [6.07, 6.45) is 1.85. The molecule has 2 rings (SSSR count). The molecule has 84 valence electrons. The van der Waals surface area contributed by atoms with E-state index < -0.39 is 0 Å². The predicted molar refractivity (Wildman–Crippen MR) is 68.5 cm³/mol. The lowest BCUT2D eigenvalue weighted by Crippen LogP contribution is -2.11. The van der Waals surface area contributed by atoms with Gasteiger partial charge in [-0.2, -0.15) is 0 Å². The van der Waals surface area contributed by atoms with Crippen LogP contribution in [0.15, 0.2) is 34.4 Å². The third-order valence-electron chi connectivity index (χ3n) is 2.14. The summed E-state index contributed by atoms with van der Waals surface area (Å²) < 4.78 is 0.972. The standard InChI is InChI=1S/C11H11BrN2OS/c12-9-1-2-11(15)8(3-9)4-13-5-10-6-14-7-16-10/h1-3,6-7,13,15H,4-5H2. The second-order valence-electron chi connectivity index (χ2n) is 3.34. The Labute approximate surface area is 106 Å². The highest BCUT2D eigenvalue weighted by Gasteiger charge is 2.01. The zero-order valence-electron chi connectivity index (χ0n) is 8.48. The van der Waals surface area contributed by atoms with Gasteiger partial charge in [0.2, 0.25) is 0 Å². The molecule has 1 aromatic carbocycles. The third-order valence-corrected chi connectivity index (χ3v) is 3.41. The zero-order valence-corrected chi connectivity index (χ0v) is 10.9. The summed E-state index contributed by atoms with van der Waals surface area (Å²) in [5.41, 5.74) is 2.70. The van der Waals surface area contributed by atoms with Crippen LogP contribution in [0.2, 0.25) is 0 Å². The number of thiazole rings is 1. The Morgan fingerprint density at radius 1 is 1.38 bits per heavy atom. The number of rotatable bonds is 4. The Morgan fingerprint density at radius 3 is 3.00 bits per heavy atom. The van der Waals surface area contributed by atoms with Gasteiger partial charge in [-0.3, -0.25) is 4.98 Å². The zero-order chi connectivity index (χ0) is 11.4. The van der Waals surface area contributed by atoms with Crippen molar-refractivity contribution in [3.8, 4) is 5.75 Å². The minimum absolute atomic E-state index is 0.319. The van der Waals surface area contributed by atoms with E-state index in [-0.39, 0.29) is 0 Å². The van der Waals surface area contributed by atoms with Gasteiger partial charge >= 0.3 is 0 Å². The first-order valence-corrected chi connectivity index (χ1v) is 6.48. The molecule has 2 N–H and O–H groups in total. The van der Waals surface area contributed by atoms with E-state index >= 15 is 0 Å². The maximum absolute atomic E-state index is 9.62. The summed E-state index contributed by atoms with van der Waals surface area (Å²) >= 11 is 5.00. The van der Waals surface area contributed by atoms with Gasteiger partial charge in [0.15, 0.2) is 0 Å². The van der Waals surface area contributed by atoms with Crippen molar-refractivity contribution in [2.75, 3.05) is 0 Å². The SMILES string of the molecule is Oc1ccc(Br)cc1CNCc1cncs1. The fraction of sp³-hybridized carbons (Fsp3) is 0.182. The summed E-state index contributed by atoms with van der Waals surface area (Å²) in [7, 11) is 0. The molecule has 1 aromatic heterocycles. The van der Waals surface area contributed by atoms with Crippen LogP contribution in [0.5, 0.6) is 5.75 Å². The van der Waals surface area contributed by atoms with Crippen LogP contribution in [0, 0.1) is 0 Å². The molecule has 0 aliphatic rings. The average Bonchev–Trinajstić information content (AvgIpc) is 2.76. The number of hydrogen-bond donors (Lipinski definition) is 2. The number of halogens is 1. The lowest BCUT2D eigenvalue weighted by molar-refractivity contribution is 0.464. The van der Waals surface area contributed by atoms with Crippen molar-refractivity contribution in [1.29, 1.82) is 0 Å². The van der Waals surface area contributed by atoms with Crippen molar-refractivity contribution in [2.24, 2.45) is 0 Å². The largest absolute Gasteiger partial charge is 0.508 e. The molecule has 0 fully saturated rings. The highest BCUT2D eigenvalue weighted by atomic mass is 79.9. The fourth-order valence-corrected chi connectivity index (χ4v) is 2.32. The summed E-state index contributed by atoms with van der Waals surface area (Å²) in [6, 6.07) is 5.42. The molecule has 1 heterocycles. The Balaban J connectivity index is 1.92. The van der Waals surface area contributed by atoms with Gasteiger partial charge in [-0.15, -0.1) is 11.3 Å². The first-order valence-electron chi connectivity index (χ1n) is 4.81. The monoisotopic (exact) mass is 298 g/mol. The molecule has 0 bridgehead atoms. The molecule has 0 spiro atoms. The quantitative estimate of drug-likeness (QED) is 0.912. The smallest absolute Gasteiger partial charge is 0.120 e. The second-order valence-corrected chi connectivity index (χ2v) is 5.23. The molecule has 2 aromatic rings. The van der Waals surface area contributed by atoms with E-state index in [0.29, 0.717) is 12.3 Å². The normalized spacial score (nSPS) is 10.6. The van der Waals surface area contributed by atoms with Gasteiger partial charge in [0.05, 0.1) is 5.51 Å². The average molecular weight is 299 g/mol. The predicted octanol–water partition coefficient (Wildman–Crippen LogP) is 2.90. The van der Waals surface area contributed by atoms with E-state index in [1.807, 2.05) is 23.8 Å². The van der Waals surface area contributed by atoms with Crippen LogP contribution in [-0.2, 0) is 13.1 Å². The van der Waals surface area contributed by atoms with Crippen molar-refractivity contribution in [2.45, 2.75) is 13.1 Å². The Bertz CT molecular complexity index is 459. The highest BCUT2D eigenvalue weighted by Crippen LogP contribution is 2.21. The first-order chi connectivity index (χ1) is 7.75. The van der Waals surface area contributed by atoms with Crippen LogP contribution in [-0.4, -0.2) is 10.1 Å². The second kappa shape index (κ2) is 5.43. The fourth-order valence-electron chi connectivity index (χ4n) is 1.35. The van der Waals surface area contributed by atoms with Crippen molar-refractivity contribution in [3.05, 3.63) is 44.8 Å². The molecule has 0 saturated carbocycles. The van der Waals surface area contributed by atoms with Crippen LogP contribution in [0.4, 0.5) is 0 Å². The van der Waals surface area contributed by atoms with Gasteiger partial charge < -0.3 is 10.4 Å².